The van der Waals surface area contributed by atoms with Gasteiger partial charge in [-0.2, -0.15) is 0 Å². The zero-order valence-corrected chi connectivity index (χ0v) is 11.5. The second-order valence-electron chi connectivity index (χ2n) is 5.24. The molecule has 2 aromatic rings. The number of hydrogen-bond donors (Lipinski definition) is 3. The molecule has 0 aliphatic heterocycles. The van der Waals surface area contributed by atoms with Gasteiger partial charge in [0.1, 0.15) is 0 Å². The number of H-pyrrole nitrogens is 1. The molecular formula is C15H18ClN3. The molecular weight excluding hydrogens is 258 g/mol. The molecule has 0 amide bonds. The minimum Gasteiger partial charge on any atom is -0.380 e. The number of aromatic amines is 1. The largest absolute Gasteiger partial charge is 0.380 e. The summed E-state index contributed by atoms with van der Waals surface area (Å²) in [5, 5.41) is 5.28. The summed E-state index contributed by atoms with van der Waals surface area (Å²) in [5.74, 6) is 0. The number of nitrogens with one attached hydrogen (secondary N) is 2. The van der Waals surface area contributed by atoms with E-state index >= 15 is 0 Å². The van der Waals surface area contributed by atoms with Crippen LogP contribution in [0.15, 0.2) is 30.8 Å². The smallest absolute Gasteiger partial charge is 0.0620 e. The molecule has 2 atom stereocenters. The van der Waals surface area contributed by atoms with Crippen LogP contribution in [0.3, 0.4) is 0 Å². The van der Waals surface area contributed by atoms with Gasteiger partial charge in [0.15, 0.2) is 0 Å². The van der Waals surface area contributed by atoms with Crippen LogP contribution in [0.5, 0.6) is 0 Å². The van der Waals surface area contributed by atoms with E-state index in [-0.39, 0.29) is 6.04 Å². The summed E-state index contributed by atoms with van der Waals surface area (Å²) >= 11 is 6.00. The molecule has 3 rings (SSSR count). The predicted molar refractivity (Wildman–Crippen MR) is 81.1 cm³/mol. The summed E-state index contributed by atoms with van der Waals surface area (Å²) in [6.07, 6.45) is 3.40. The number of halogens is 1. The molecule has 0 bridgehead atoms. The average Bonchev–Trinajstić information content (AvgIpc) is 2.96. The van der Waals surface area contributed by atoms with E-state index in [0.717, 1.165) is 40.2 Å². The molecule has 0 spiro atoms. The Balaban J connectivity index is 1.81. The maximum absolute atomic E-state index is 6.07. The van der Waals surface area contributed by atoms with Crippen LogP contribution in [0.25, 0.3) is 16.6 Å². The van der Waals surface area contributed by atoms with Crippen molar-refractivity contribution in [3.63, 3.8) is 0 Å². The molecule has 1 aromatic carbocycles. The van der Waals surface area contributed by atoms with E-state index < -0.39 is 0 Å². The minimum atomic E-state index is 0.232. The van der Waals surface area contributed by atoms with Crippen LogP contribution < -0.4 is 11.1 Å². The Labute approximate surface area is 117 Å². The quantitative estimate of drug-likeness (QED) is 0.805. The third kappa shape index (κ3) is 2.48. The van der Waals surface area contributed by atoms with E-state index in [4.69, 9.17) is 17.3 Å². The molecule has 1 heterocycles. The van der Waals surface area contributed by atoms with Crippen LogP contribution in [0.4, 0.5) is 0 Å². The van der Waals surface area contributed by atoms with Crippen LogP contribution in [0, 0.1) is 0 Å². The second kappa shape index (κ2) is 4.91. The van der Waals surface area contributed by atoms with Crippen molar-refractivity contribution in [3.8, 4) is 0 Å². The Bertz CT molecular complexity index is 617. The van der Waals surface area contributed by atoms with Crippen molar-refractivity contribution in [1.29, 1.82) is 0 Å². The summed E-state index contributed by atoms with van der Waals surface area (Å²) in [6, 6.07) is 8.45. The van der Waals surface area contributed by atoms with E-state index in [2.05, 4.69) is 22.9 Å². The van der Waals surface area contributed by atoms with Gasteiger partial charge in [0.25, 0.3) is 0 Å². The topological polar surface area (TPSA) is 53.8 Å². The zero-order chi connectivity index (χ0) is 13.4. The van der Waals surface area contributed by atoms with Crippen molar-refractivity contribution in [1.82, 2.24) is 10.3 Å². The highest BCUT2D eigenvalue weighted by atomic mass is 35.5. The fourth-order valence-electron chi connectivity index (χ4n) is 2.74. The van der Waals surface area contributed by atoms with Gasteiger partial charge in [0.2, 0.25) is 0 Å². The fraction of sp³-hybridized carbons (Fsp3) is 0.333. The lowest BCUT2D eigenvalue weighted by Gasteiger charge is -2.19. The Kier molecular flexibility index (Phi) is 3.25. The van der Waals surface area contributed by atoms with Crippen LogP contribution in [0.1, 0.15) is 25.0 Å². The number of fused-ring (bicyclic) bond motifs is 1. The van der Waals surface area contributed by atoms with Crippen LogP contribution in [-0.4, -0.2) is 17.1 Å². The third-order valence-corrected chi connectivity index (χ3v) is 4.07. The maximum atomic E-state index is 6.07. The van der Waals surface area contributed by atoms with Gasteiger partial charge >= 0.3 is 0 Å². The van der Waals surface area contributed by atoms with E-state index in [1.54, 1.807) is 0 Å². The van der Waals surface area contributed by atoms with E-state index in [1.165, 1.54) is 6.42 Å². The first-order valence-corrected chi connectivity index (χ1v) is 7.01. The van der Waals surface area contributed by atoms with Gasteiger partial charge in [-0.05, 0) is 43.5 Å². The normalized spacial score (nSPS) is 22.8. The molecule has 1 aliphatic carbocycles. The summed E-state index contributed by atoms with van der Waals surface area (Å²) in [6.45, 7) is 4.11. The van der Waals surface area contributed by atoms with E-state index in [9.17, 15) is 0 Å². The molecule has 4 heteroatoms. The van der Waals surface area contributed by atoms with Gasteiger partial charge in [-0.1, -0.05) is 18.2 Å². The van der Waals surface area contributed by atoms with Gasteiger partial charge in [-0.25, -0.2) is 0 Å². The Hall–Kier alpha value is -1.45. The first kappa shape index (κ1) is 12.6. The number of nitrogens with two attached hydrogens (primary N) is 1. The van der Waals surface area contributed by atoms with Gasteiger partial charge in [0.05, 0.1) is 11.4 Å². The minimum absolute atomic E-state index is 0.232. The van der Waals surface area contributed by atoms with Crippen molar-refractivity contribution in [2.75, 3.05) is 0 Å². The summed E-state index contributed by atoms with van der Waals surface area (Å²) in [4.78, 5) is 3.35. The fourth-order valence-corrected chi connectivity index (χ4v) is 2.92. The molecule has 3 nitrogen and oxygen atoms in total. The Morgan fingerprint density at radius 3 is 2.95 bits per heavy atom. The molecule has 0 saturated heterocycles. The van der Waals surface area contributed by atoms with Gasteiger partial charge in [-0.3, -0.25) is 0 Å². The molecule has 4 N–H and O–H groups in total. The number of hydrogen-bond acceptors (Lipinski definition) is 2. The van der Waals surface area contributed by atoms with Gasteiger partial charge in [-0.15, -0.1) is 0 Å². The molecule has 1 saturated carbocycles. The zero-order valence-electron chi connectivity index (χ0n) is 10.7. The monoisotopic (exact) mass is 275 g/mol. The van der Waals surface area contributed by atoms with Crippen LogP contribution >= 0.6 is 11.6 Å². The van der Waals surface area contributed by atoms with E-state index in [1.807, 2.05) is 18.2 Å². The van der Waals surface area contributed by atoms with Crippen molar-refractivity contribution >= 4 is 28.2 Å². The average molecular weight is 276 g/mol. The molecule has 1 aromatic heterocycles. The second-order valence-corrected chi connectivity index (χ2v) is 5.68. The number of rotatable bonds is 3. The van der Waals surface area contributed by atoms with Gasteiger partial charge < -0.3 is 16.0 Å². The summed E-state index contributed by atoms with van der Waals surface area (Å²) < 4.78 is 0. The standard InChI is InChI=1S/C15H18ClN3/c1-9(18-14-4-2-3-12(14)17)15-8-10-7-11(16)5-6-13(10)19-15/h5-8,12,14,18-19H,1-4,17H2/t12-,14-/m0/s1. The lowest BCUT2D eigenvalue weighted by molar-refractivity contribution is 0.544. The highest BCUT2D eigenvalue weighted by Crippen LogP contribution is 2.24. The highest BCUT2D eigenvalue weighted by Gasteiger charge is 2.24. The van der Waals surface area contributed by atoms with Crippen molar-refractivity contribution in [3.05, 3.63) is 41.6 Å². The third-order valence-electron chi connectivity index (χ3n) is 3.84. The lowest BCUT2D eigenvalue weighted by atomic mass is 10.1. The predicted octanol–water partition coefficient (Wildman–Crippen LogP) is 3.26. The highest BCUT2D eigenvalue weighted by molar-refractivity contribution is 6.31. The first-order valence-electron chi connectivity index (χ1n) is 6.63. The molecule has 0 radical (unpaired) electrons. The summed E-state index contributed by atoms with van der Waals surface area (Å²) in [7, 11) is 0. The number of aromatic nitrogens is 1. The van der Waals surface area contributed by atoms with Crippen LogP contribution in [-0.2, 0) is 0 Å². The summed E-state index contributed by atoms with van der Waals surface area (Å²) in [5.41, 5.74) is 9.03. The Morgan fingerprint density at radius 1 is 1.37 bits per heavy atom. The molecule has 1 aliphatic rings. The van der Waals surface area contributed by atoms with E-state index in [0.29, 0.717) is 6.04 Å². The molecule has 0 unspecified atom stereocenters. The van der Waals surface area contributed by atoms with Crippen molar-refractivity contribution < 1.29 is 0 Å². The maximum Gasteiger partial charge on any atom is 0.0620 e. The number of benzene rings is 1. The van der Waals surface area contributed by atoms with Crippen molar-refractivity contribution in [2.24, 2.45) is 5.73 Å². The lowest BCUT2D eigenvalue weighted by Crippen LogP contribution is -2.39. The first-order chi connectivity index (χ1) is 9.13. The van der Waals surface area contributed by atoms with Crippen LogP contribution in [0.2, 0.25) is 5.02 Å². The van der Waals surface area contributed by atoms with Crippen molar-refractivity contribution in [2.45, 2.75) is 31.3 Å². The molecule has 100 valence electrons. The molecule has 1 fully saturated rings. The SMILES string of the molecule is C=C(N[C@H]1CCC[C@@H]1N)c1cc2cc(Cl)ccc2[nH]1. The Morgan fingerprint density at radius 2 is 2.21 bits per heavy atom. The molecule has 19 heavy (non-hydrogen) atoms. The van der Waals surface area contributed by atoms with Gasteiger partial charge in [0, 0.05) is 28.0 Å².